The molecule has 0 fully saturated rings. The highest BCUT2D eigenvalue weighted by atomic mass is 127. The minimum Gasteiger partial charge on any atom is -0.508 e. The number of nitrogens with one attached hydrogen (secondary N) is 2. The van der Waals surface area contributed by atoms with Gasteiger partial charge in [-0.25, -0.2) is 4.79 Å². The van der Waals surface area contributed by atoms with Crippen molar-refractivity contribution in [3.8, 4) is 5.75 Å². The van der Waals surface area contributed by atoms with Gasteiger partial charge in [-0.2, -0.15) is 0 Å². The minimum atomic E-state index is -0.806. The average molecular weight is 543 g/mol. The average Bonchev–Trinajstić information content (AvgIpc) is 2.77. The summed E-state index contributed by atoms with van der Waals surface area (Å²) in [6, 6.07) is 20.8. The van der Waals surface area contributed by atoms with E-state index in [1.165, 1.54) is 12.1 Å². The van der Waals surface area contributed by atoms with Crippen LogP contribution in [-0.4, -0.2) is 17.1 Å². The predicted octanol–water partition coefficient (Wildman–Crippen LogP) is 5.45. The third-order valence-corrected chi connectivity index (χ3v) is 5.11. The molecule has 3 rings (SSSR count). The number of aromatic hydroxyl groups is 1. The van der Waals surface area contributed by atoms with E-state index in [0.717, 1.165) is 3.57 Å². The molecule has 0 saturated carbocycles. The van der Waals surface area contributed by atoms with Gasteiger partial charge in [0.15, 0.2) is 0 Å². The van der Waals surface area contributed by atoms with Gasteiger partial charge in [0.1, 0.15) is 11.9 Å². The number of nitrogens with two attached hydrogens (primary N) is 1. The molecule has 0 aliphatic heterocycles. The highest BCUT2D eigenvalue weighted by Crippen LogP contribution is 2.31. The van der Waals surface area contributed by atoms with Gasteiger partial charge in [-0.3, -0.25) is 10.1 Å². The molecule has 0 heterocycles. The van der Waals surface area contributed by atoms with Gasteiger partial charge in [-0.05, 0) is 71.1 Å². The number of carbonyl (C=O) groups is 2. The molecule has 1 atom stereocenters. The second-order valence-electron chi connectivity index (χ2n) is 6.80. The van der Waals surface area contributed by atoms with E-state index in [4.69, 9.17) is 10.5 Å². The molecular formula is C24H22IN3O4. The molecule has 0 unspecified atom stereocenters. The van der Waals surface area contributed by atoms with Crippen molar-refractivity contribution in [2.45, 2.75) is 12.5 Å². The van der Waals surface area contributed by atoms with Gasteiger partial charge in [0.2, 0.25) is 5.91 Å². The first-order valence-corrected chi connectivity index (χ1v) is 10.8. The number of anilines is 3. The molecule has 8 heteroatoms. The zero-order chi connectivity index (χ0) is 22.9. The monoisotopic (exact) mass is 543 g/mol. The van der Waals surface area contributed by atoms with Crippen molar-refractivity contribution in [3.05, 3.63) is 94.1 Å². The molecule has 0 spiro atoms. The van der Waals surface area contributed by atoms with E-state index in [1.807, 2.05) is 6.07 Å². The van der Waals surface area contributed by atoms with Crippen molar-refractivity contribution in [2.75, 3.05) is 16.4 Å². The minimum absolute atomic E-state index is 0.00200. The Labute approximate surface area is 199 Å². The zero-order valence-corrected chi connectivity index (χ0v) is 19.2. The van der Waals surface area contributed by atoms with Gasteiger partial charge in [-0.15, -0.1) is 0 Å². The summed E-state index contributed by atoms with van der Waals surface area (Å²) in [4.78, 5) is 24.7. The lowest BCUT2D eigenvalue weighted by atomic mass is 10.0. The number of halogens is 1. The molecule has 164 valence electrons. The van der Waals surface area contributed by atoms with Crippen molar-refractivity contribution >= 4 is 51.7 Å². The third-order valence-electron chi connectivity index (χ3n) is 4.44. The molecule has 7 nitrogen and oxygen atoms in total. The van der Waals surface area contributed by atoms with E-state index < -0.39 is 12.2 Å². The Morgan fingerprint density at radius 1 is 1.03 bits per heavy atom. The Morgan fingerprint density at radius 3 is 2.50 bits per heavy atom. The number of para-hydroxylation sites is 3. The lowest BCUT2D eigenvalue weighted by Crippen LogP contribution is -2.17. The van der Waals surface area contributed by atoms with Crippen LogP contribution in [0.4, 0.5) is 21.9 Å². The van der Waals surface area contributed by atoms with Gasteiger partial charge in [-0.1, -0.05) is 36.4 Å². The van der Waals surface area contributed by atoms with Gasteiger partial charge in [0.05, 0.1) is 11.4 Å². The number of amides is 2. The summed E-state index contributed by atoms with van der Waals surface area (Å²) in [6.07, 6.45) is 1.61. The largest absolute Gasteiger partial charge is 0.508 e. The molecule has 0 aromatic heterocycles. The first-order valence-electron chi connectivity index (χ1n) is 9.75. The van der Waals surface area contributed by atoms with Gasteiger partial charge in [0, 0.05) is 21.2 Å². The van der Waals surface area contributed by atoms with Crippen LogP contribution in [0, 0.1) is 3.57 Å². The van der Waals surface area contributed by atoms with Crippen molar-refractivity contribution in [3.63, 3.8) is 0 Å². The summed E-state index contributed by atoms with van der Waals surface area (Å²) < 4.78 is 6.45. The number of benzene rings is 3. The molecule has 0 bridgehead atoms. The lowest BCUT2D eigenvalue weighted by molar-refractivity contribution is -0.111. The van der Waals surface area contributed by atoms with Crippen LogP contribution in [-0.2, 0) is 9.53 Å². The van der Waals surface area contributed by atoms with Gasteiger partial charge < -0.3 is 20.9 Å². The standard InChI is InChI=1S/C24H22IN3O4/c25-16-13-14-21(29)18(15-16)22(32-24(31)27-17-7-2-1-3-8-17)11-6-12-23(30)28-20-10-5-4-9-19(20)26/h1-10,12-15,22,29H,11,26H2,(H,27,31)(H,28,30)/b12-6+/t22-/m1/s1. The highest BCUT2D eigenvalue weighted by Gasteiger charge is 2.20. The Bertz CT molecular complexity index is 1120. The number of nitrogen functional groups attached to an aromatic ring is 1. The Hall–Kier alpha value is -3.53. The number of ether oxygens (including phenoxy) is 1. The second kappa shape index (κ2) is 11.2. The topological polar surface area (TPSA) is 114 Å². The zero-order valence-electron chi connectivity index (χ0n) is 17.0. The van der Waals surface area contributed by atoms with Gasteiger partial charge >= 0.3 is 6.09 Å². The number of hydrogen-bond acceptors (Lipinski definition) is 5. The van der Waals surface area contributed by atoms with Crippen LogP contribution in [0.1, 0.15) is 18.1 Å². The maximum Gasteiger partial charge on any atom is 0.412 e. The van der Waals surface area contributed by atoms with Gasteiger partial charge in [0.25, 0.3) is 0 Å². The summed E-state index contributed by atoms with van der Waals surface area (Å²) in [5, 5.41) is 15.7. The first kappa shape index (κ1) is 23.1. The van der Waals surface area contributed by atoms with Crippen molar-refractivity contribution in [1.82, 2.24) is 0 Å². The van der Waals surface area contributed by atoms with Crippen LogP contribution >= 0.6 is 22.6 Å². The molecule has 0 saturated heterocycles. The van der Waals surface area contributed by atoms with E-state index >= 15 is 0 Å². The van der Waals surface area contributed by atoms with Crippen LogP contribution < -0.4 is 16.4 Å². The smallest absolute Gasteiger partial charge is 0.412 e. The van der Waals surface area contributed by atoms with E-state index in [9.17, 15) is 14.7 Å². The molecule has 5 N–H and O–H groups in total. The summed E-state index contributed by atoms with van der Waals surface area (Å²) in [5.41, 5.74) is 7.83. The third kappa shape index (κ3) is 6.74. The molecule has 3 aromatic rings. The molecule has 0 aliphatic rings. The second-order valence-corrected chi connectivity index (χ2v) is 8.05. The van der Waals surface area contributed by atoms with Crippen molar-refractivity contribution < 1.29 is 19.4 Å². The maximum absolute atomic E-state index is 12.4. The number of hydrogen-bond donors (Lipinski definition) is 4. The van der Waals surface area contributed by atoms with E-state index in [2.05, 4.69) is 33.2 Å². The summed E-state index contributed by atoms with van der Waals surface area (Å²) in [5.74, 6) is -0.375. The maximum atomic E-state index is 12.4. The van der Waals surface area contributed by atoms with E-state index in [-0.39, 0.29) is 18.1 Å². The number of phenolic OH excluding ortho intramolecular Hbond substituents is 1. The van der Waals surface area contributed by atoms with Crippen molar-refractivity contribution in [2.24, 2.45) is 0 Å². The van der Waals surface area contributed by atoms with E-state index in [0.29, 0.717) is 22.6 Å². The molecule has 3 aromatic carbocycles. The van der Waals surface area contributed by atoms with E-state index in [1.54, 1.807) is 66.7 Å². The lowest BCUT2D eigenvalue weighted by Gasteiger charge is -2.19. The fourth-order valence-electron chi connectivity index (χ4n) is 2.90. The quantitative estimate of drug-likeness (QED) is 0.180. The molecular weight excluding hydrogens is 521 g/mol. The Morgan fingerprint density at radius 2 is 1.75 bits per heavy atom. The molecule has 2 amide bonds. The molecule has 32 heavy (non-hydrogen) atoms. The van der Waals surface area contributed by atoms with Crippen LogP contribution in [0.2, 0.25) is 0 Å². The summed E-state index contributed by atoms with van der Waals surface area (Å²) in [6.45, 7) is 0. The summed E-state index contributed by atoms with van der Waals surface area (Å²) in [7, 11) is 0. The first-order chi connectivity index (χ1) is 15.4. The van der Waals surface area contributed by atoms with Crippen LogP contribution in [0.15, 0.2) is 84.9 Å². The van der Waals surface area contributed by atoms with Crippen LogP contribution in [0.5, 0.6) is 5.75 Å². The fraction of sp³-hybridized carbons (Fsp3) is 0.0833. The van der Waals surface area contributed by atoms with Crippen LogP contribution in [0.25, 0.3) is 0 Å². The number of carbonyl (C=O) groups excluding carboxylic acids is 2. The van der Waals surface area contributed by atoms with Crippen molar-refractivity contribution in [1.29, 1.82) is 0 Å². The summed E-state index contributed by atoms with van der Waals surface area (Å²) >= 11 is 2.11. The Kier molecular flexibility index (Phi) is 8.09. The number of phenols is 1. The SMILES string of the molecule is Nc1ccccc1NC(=O)/C=C/C[C@@H](OC(=O)Nc1ccccc1)c1cc(I)ccc1O. The fourth-order valence-corrected chi connectivity index (χ4v) is 3.42. The van der Waals surface area contributed by atoms with Crippen LogP contribution in [0.3, 0.4) is 0 Å². The Balaban J connectivity index is 1.71. The highest BCUT2D eigenvalue weighted by molar-refractivity contribution is 14.1. The molecule has 0 aliphatic carbocycles. The molecule has 0 radical (unpaired) electrons. The normalized spacial score (nSPS) is 11.7. The number of rotatable bonds is 7. The predicted molar refractivity (Wildman–Crippen MR) is 133 cm³/mol.